The SMILES string of the molecule is Cc1nnsc1C(=O)Nc1ccc(C#CCN)cc1F. The van der Waals surface area contributed by atoms with Crippen LogP contribution in [0.25, 0.3) is 0 Å². The number of benzene rings is 1. The summed E-state index contributed by atoms with van der Waals surface area (Å²) < 4.78 is 17.5. The van der Waals surface area contributed by atoms with Gasteiger partial charge in [-0.2, -0.15) is 0 Å². The molecule has 0 atom stereocenters. The van der Waals surface area contributed by atoms with Gasteiger partial charge in [-0.15, -0.1) is 5.10 Å². The second kappa shape index (κ2) is 6.23. The number of nitrogens with one attached hydrogen (secondary N) is 1. The molecule has 0 unspecified atom stereocenters. The number of hydrogen-bond acceptors (Lipinski definition) is 5. The summed E-state index contributed by atoms with van der Waals surface area (Å²) in [6, 6.07) is 4.31. The number of nitrogens with zero attached hydrogens (tertiary/aromatic N) is 2. The second-order valence-electron chi connectivity index (χ2n) is 3.84. The number of rotatable bonds is 2. The van der Waals surface area contributed by atoms with Gasteiger partial charge in [-0.25, -0.2) is 4.39 Å². The van der Waals surface area contributed by atoms with Crippen molar-refractivity contribution in [2.45, 2.75) is 6.92 Å². The van der Waals surface area contributed by atoms with Gasteiger partial charge in [-0.1, -0.05) is 16.3 Å². The zero-order valence-electron chi connectivity index (χ0n) is 10.6. The smallest absolute Gasteiger partial charge is 0.269 e. The van der Waals surface area contributed by atoms with E-state index in [1.807, 2.05) is 0 Å². The number of aromatic nitrogens is 2. The van der Waals surface area contributed by atoms with E-state index in [4.69, 9.17) is 5.73 Å². The Labute approximate surface area is 119 Å². The molecular formula is C13H11FN4OS. The molecule has 0 bridgehead atoms. The van der Waals surface area contributed by atoms with Crippen LogP contribution < -0.4 is 11.1 Å². The van der Waals surface area contributed by atoms with E-state index in [0.29, 0.717) is 16.1 Å². The number of halogens is 1. The van der Waals surface area contributed by atoms with Crippen LogP contribution in [-0.2, 0) is 0 Å². The quantitative estimate of drug-likeness (QED) is 0.822. The van der Waals surface area contributed by atoms with E-state index in [1.165, 1.54) is 12.1 Å². The van der Waals surface area contributed by atoms with Gasteiger partial charge in [0.2, 0.25) is 0 Å². The Kier molecular flexibility index (Phi) is 4.40. The fourth-order valence-electron chi connectivity index (χ4n) is 1.47. The Morgan fingerprint density at radius 1 is 1.55 bits per heavy atom. The third-order valence-corrected chi connectivity index (χ3v) is 3.24. The Balaban J connectivity index is 2.18. The lowest BCUT2D eigenvalue weighted by Gasteiger charge is -2.05. The van der Waals surface area contributed by atoms with E-state index in [1.54, 1.807) is 13.0 Å². The van der Waals surface area contributed by atoms with Crippen LogP contribution in [0.1, 0.15) is 20.9 Å². The highest BCUT2D eigenvalue weighted by atomic mass is 32.1. The molecule has 20 heavy (non-hydrogen) atoms. The highest BCUT2D eigenvalue weighted by Crippen LogP contribution is 2.18. The summed E-state index contributed by atoms with van der Waals surface area (Å²) in [5.41, 5.74) is 6.34. The summed E-state index contributed by atoms with van der Waals surface area (Å²) in [5, 5.41) is 6.21. The molecule has 0 radical (unpaired) electrons. The largest absolute Gasteiger partial charge is 0.320 e. The molecule has 0 aliphatic carbocycles. The molecule has 2 aromatic rings. The van der Waals surface area contributed by atoms with Crippen LogP contribution in [0.15, 0.2) is 18.2 Å². The van der Waals surface area contributed by atoms with E-state index in [-0.39, 0.29) is 12.2 Å². The maximum atomic E-state index is 13.8. The van der Waals surface area contributed by atoms with Crippen LogP contribution in [0.5, 0.6) is 0 Å². The number of anilines is 1. The Hall–Kier alpha value is -2.30. The molecule has 5 nitrogen and oxygen atoms in total. The minimum absolute atomic E-state index is 0.0844. The van der Waals surface area contributed by atoms with Crippen LogP contribution in [-0.4, -0.2) is 22.0 Å². The summed E-state index contributed by atoms with van der Waals surface area (Å²) >= 11 is 0.965. The molecule has 2 rings (SSSR count). The molecule has 0 saturated carbocycles. The van der Waals surface area contributed by atoms with Gasteiger partial charge in [0.15, 0.2) is 0 Å². The molecule has 0 fully saturated rings. The summed E-state index contributed by atoms with van der Waals surface area (Å²) in [6.07, 6.45) is 0. The van der Waals surface area contributed by atoms with E-state index in [0.717, 1.165) is 11.5 Å². The zero-order chi connectivity index (χ0) is 14.5. The number of carbonyl (C=O) groups is 1. The number of aryl methyl sites for hydroxylation is 1. The van der Waals surface area contributed by atoms with E-state index < -0.39 is 11.7 Å². The summed E-state index contributed by atoms with van der Waals surface area (Å²) in [4.78, 5) is 12.3. The van der Waals surface area contributed by atoms with Gasteiger partial charge in [0.1, 0.15) is 10.7 Å². The molecule has 102 valence electrons. The third kappa shape index (κ3) is 3.17. The summed E-state index contributed by atoms with van der Waals surface area (Å²) in [6.45, 7) is 1.87. The van der Waals surface area contributed by atoms with Crippen molar-refractivity contribution in [1.29, 1.82) is 0 Å². The van der Waals surface area contributed by atoms with Gasteiger partial charge in [0, 0.05) is 5.56 Å². The van der Waals surface area contributed by atoms with Gasteiger partial charge in [0.05, 0.1) is 17.9 Å². The number of carbonyl (C=O) groups excluding carboxylic acids is 1. The standard InChI is InChI=1S/C13H11FN4OS/c1-8-12(20-18-17-8)13(19)16-11-5-4-9(3-2-6-15)7-10(11)14/h4-5,7H,6,15H2,1H3,(H,16,19). The van der Waals surface area contributed by atoms with Crippen molar-refractivity contribution in [1.82, 2.24) is 9.59 Å². The van der Waals surface area contributed by atoms with Gasteiger partial charge in [0.25, 0.3) is 5.91 Å². The van der Waals surface area contributed by atoms with Gasteiger partial charge >= 0.3 is 0 Å². The minimum Gasteiger partial charge on any atom is -0.320 e. The Morgan fingerprint density at radius 3 is 2.95 bits per heavy atom. The van der Waals surface area contributed by atoms with Crippen molar-refractivity contribution in [2.24, 2.45) is 5.73 Å². The topological polar surface area (TPSA) is 80.9 Å². The summed E-state index contributed by atoms with van der Waals surface area (Å²) in [5.74, 6) is 4.36. The van der Waals surface area contributed by atoms with Gasteiger partial charge < -0.3 is 11.1 Å². The van der Waals surface area contributed by atoms with Crippen LogP contribution in [0.3, 0.4) is 0 Å². The van der Waals surface area contributed by atoms with Crippen LogP contribution in [0, 0.1) is 24.6 Å². The molecular weight excluding hydrogens is 279 g/mol. The Morgan fingerprint density at radius 2 is 2.35 bits per heavy atom. The van der Waals surface area contributed by atoms with Crippen molar-refractivity contribution in [3.63, 3.8) is 0 Å². The lowest BCUT2D eigenvalue weighted by molar-refractivity contribution is 0.102. The molecule has 0 spiro atoms. The van der Waals surface area contributed by atoms with Crippen molar-refractivity contribution in [2.75, 3.05) is 11.9 Å². The fourth-order valence-corrected chi connectivity index (χ4v) is 2.02. The lowest BCUT2D eigenvalue weighted by atomic mass is 10.2. The summed E-state index contributed by atoms with van der Waals surface area (Å²) in [7, 11) is 0. The average Bonchev–Trinajstić information content (AvgIpc) is 2.85. The molecule has 7 heteroatoms. The molecule has 1 aromatic carbocycles. The predicted molar refractivity (Wildman–Crippen MR) is 74.9 cm³/mol. The number of nitrogens with two attached hydrogens (primary N) is 1. The molecule has 3 N–H and O–H groups in total. The average molecular weight is 290 g/mol. The lowest BCUT2D eigenvalue weighted by Crippen LogP contribution is -2.12. The van der Waals surface area contributed by atoms with Crippen molar-refractivity contribution >= 4 is 23.1 Å². The fraction of sp³-hybridized carbons (Fsp3) is 0.154. The molecule has 0 aliphatic rings. The van der Waals surface area contributed by atoms with E-state index in [9.17, 15) is 9.18 Å². The minimum atomic E-state index is -0.558. The highest BCUT2D eigenvalue weighted by Gasteiger charge is 2.15. The zero-order valence-corrected chi connectivity index (χ0v) is 11.4. The third-order valence-electron chi connectivity index (χ3n) is 2.41. The van der Waals surface area contributed by atoms with Crippen molar-refractivity contribution in [3.8, 4) is 11.8 Å². The molecule has 1 aromatic heterocycles. The van der Waals surface area contributed by atoms with Crippen LogP contribution in [0.4, 0.5) is 10.1 Å². The normalized spacial score (nSPS) is 9.75. The first-order valence-corrected chi connectivity index (χ1v) is 6.48. The first-order valence-electron chi connectivity index (χ1n) is 5.70. The van der Waals surface area contributed by atoms with Crippen molar-refractivity contribution in [3.05, 3.63) is 40.2 Å². The van der Waals surface area contributed by atoms with Crippen molar-refractivity contribution < 1.29 is 9.18 Å². The predicted octanol–water partition coefficient (Wildman–Crippen LogP) is 1.55. The maximum absolute atomic E-state index is 13.8. The van der Waals surface area contributed by atoms with E-state index in [2.05, 4.69) is 26.7 Å². The Bertz CT molecular complexity index is 702. The van der Waals surface area contributed by atoms with Crippen LogP contribution in [0.2, 0.25) is 0 Å². The molecule has 0 aliphatic heterocycles. The molecule has 1 amide bonds. The number of hydrogen-bond donors (Lipinski definition) is 2. The monoisotopic (exact) mass is 290 g/mol. The van der Waals surface area contributed by atoms with Crippen LogP contribution >= 0.6 is 11.5 Å². The second-order valence-corrected chi connectivity index (χ2v) is 4.60. The molecule has 1 heterocycles. The number of amides is 1. The van der Waals surface area contributed by atoms with E-state index >= 15 is 0 Å². The highest BCUT2D eigenvalue weighted by molar-refractivity contribution is 7.08. The first-order chi connectivity index (χ1) is 9.61. The maximum Gasteiger partial charge on any atom is 0.269 e. The molecule has 0 saturated heterocycles. The van der Waals surface area contributed by atoms with Gasteiger partial charge in [-0.3, -0.25) is 4.79 Å². The van der Waals surface area contributed by atoms with Gasteiger partial charge in [-0.05, 0) is 36.7 Å². The first kappa shape index (κ1) is 14.1.